The van der Waals surface area contributed by atoms with Gasteiger partial charge in [0.25, 0.3) is 5.91 Å². The molecule has 0 saturated carbocycles. The van der Waals surface area contributed by atoms with Crippen LogP contribution in [0.1, 0.15) is 45.1 Å². The molecule has 4 nitrogen and oxygen atoms in total. The minimum Gasteiger partial charge on any atom is -0.336 e. The number of nitrogens with one attached hydrogen (secondary N) is 1. The minimum absolute atomic E-state index is 0.283. The van der Waals surface area contributed by atoms with Crippen LogP contribution in [0.3, 0.4) is 0 Å². The van der Waals surface area contributed by atoms with Crippen LogP contribution in [0.2, 0.25) is 0 Å². The first-order valence-electron chi connectivity index (χ1n) is 8.01. The van der Waals surface area contributed by atoms with Crippen LogP contribution in [0.15, 0.2) is 48.6 Å². The van der Waals surface area contributed by atoms with Crippen LogP contribution >= 0.6 is 0 Å². The molecule has 124 valence electrons. The summed E-state index contributed by atoms with van der Waals surface area (Å²) in [7, 11) is 0. The lowest BCUT2D eigenvalue weighted by Crippen LogP contribution is -2.25. The van der Waals surface area contributed by atoms with Gasteiger partial charge < -0.3 is 4.84 Å². The average Bonchev–Trinajstić information content (AvgIpc) is 2.56. The van der Waals surface area contributed by atoms with Crippen molar-refractivity contribution in [1.29, 1.82) is 0 Å². The van der Waals surface area contributed by atoms with E-state index < -0.39 is 5.97 Å². The van der Waals surface area contributed by atoms with Crippen LogP contribution in [0, 0.1) is 5.92 Å². The first-order chi connectivity index (χ1) is 11.1. The van der Waals surface area contributed by atoms with Gasteiger partial charge in [-0.3, -0.25) is 4.79 Å². The minimum atomic E-state index is -0.554. The Morgan fingerprint density at radius 1 is 1.26 bits per heavy atom. The molecule has 0 radical (unpaired) electrons. The van der Waals surface area contributed by atoms with Crippen molar-refractivity contribution in [3.8, 4) is 0 Å². The Labute approximate surface area is 138 Å². The van der Waals surface area contributed by atoms with Gasteiger partial charge in [0.2, 0.25) is 0 Å². The van der Waals surface area contributed by atoms with Crippen LogP contribution in [0.4, 0.5) is 0 Å². The first-order valence-corrected chi connectivity index (χ1v) is 8.01. The number of amides is 1. The molecule has 1 aromatic rings. The summed E-state index contributed by atoms with van der Waals surface area (Å²) in [6.45, 7) is 4.02. The quantitative estimate of drug-likeness (QED) is 0.581. The normalized spacial score (nSPS) is 12.4. The molecule has 1 amide bonds. The summed E-state index contributed by atoms with van der Waals surface area (Å²) in [6.07, 6.45) is 10.2. The van der Waals surface area contributed by atoms with Gasteiger partial charge in [0, 0.05) is 12.5 Å². The summed E-state index contributed by atoms with van der Waals surface area (Å²) in [4.78, 5) is 27.1. The molecule has 1 rings (SSSR count). The molecule has 1 atom stereocenters. The third-order valence-electron chi connectivity index (χ3n) is 3.20. The molecular weight excluding hydrogens is 290 g/mol. The summed E-state index contributed by atoms with van der Waals surface area (Å²) in [6, 6.07) is 10.1. The van der Waals surface area contributed by atoms with E-state index >= 15 is 0 Å². The highest BCUT2D eigenvalue weighted by molar-refractivity contribution is 5.84. The maximum absolute atomic E-state index is 11.4. The number of carbonyl (C=O) groups excluding carboxylic acids is 2. The Morgan fingerprint density at radius 3 is 2.70 bits per heavy atom. The lowest BCUT2D eigenvalue weighted by atomic mass is 10.0. The molecule has 1 N–H and O–H groups in total. The van der Waals surface area contributed by atoms with Crippen LogP contribution in [-0.2, 0) is 14.4 Å². The zero-order valence-electron chi connectivity index (χ0n) is 13.8. The fraction of sp³-hybridized carbons (Fsp3) is 0.368. The van der Waals surface area contributed by atoms with E-state index in [1.807, 2.05) is 25.1 Å². The fourth-order valence-corrected chi connectivity index (χ4v) is 1.89. The number of allylic oxidation sites excluding steroid dienone is 2. The van der Waals surface area contributed by atoms with Gasteiger partial charge in [-0.2, -0.15) is 5.48 Å². The number of rotatable bonds is 8. The van der Waals surface area contributed by atoms with Gasteiger partial charge in [0.15, 0.2) is 0 Å². The van der Waals surface area contributed by atoms with Crippen LogP contribution in [0.5, 0.6) is 0 Å². The van der Waals surface area contributed by atoms with E-state index in [9.17, 15) is 9.59 Å². The van der Waals surface area contributed by atoms with Crippen LogP contribution in [0.25, 0.3) is 6.08 Å². The molecule has 0 saturated heterocycles. The summed E-state index contributed by atoms with van der Waals surface area (Å²) < 4.78 is 0. The Morgan fingerprint density at radius 2 is 2.00 bits per heavy atom. The lowest BCUT2D eigenvalue weighted by molar-refractivity contribution is -0.153. The van der Waals surface area contributed by atoms with Crippen LogP contribution < -0.4 is 5.48 Å². The predicted molar refractivity (Wildman–Crippen MR) is 92.2 cm³/mol. The number of carbonyl (C=O) groups is 2. The maximum Gasteiger partial charge on any atom is 0.355 e. The average molecular weight is 315 g/mol. The SMILES string of the molecule is CCCC(=O)NOC(=O)/C=C/CC[C@H](C)/C=C/c1ccccc1. The van der Waals surface area contributed by atoms with Crippen molar-refractivity contribution in [2.24, 2.45) is 5.92 Å². The van der Waals surface area contributed by atoms with Crippen molar-refractivity contribution >= 4 is 18.0 Å². The lowest BCUT2D eigenvalue weighted by Gasteiger charge is -2.04. The van der Waals surface area contributed by atoms with E-state index in [1.54, 1.807) is 6.08 Å². The molecule has 4 heteroatoms. The largest absolute Gasteiger partial charge is 0.355 e. The van der Waals surface area contributed by atoms with Gasteiger partial charge in [-0.25, -0.2) is 4.79 Å². The number of hydroxylamine groups is 1. The van der Waals surface area contributed by atoms with Crippen molar-refractivity contribution in [1.82, 2.24) is 5.48 Å². The van der Waals surface area contributed by atoms with Gasteiger partial charge >= 0.3 is 5.97 Å². The number of hydrogen-bond donors (Lipinski definition) is 1. The topological polar surface area (TPSA) is 55.4 Å². The van der Waals surface area contributed by atoms with Crippen molar-refractivity contribution in [3.05, 3.63) is 54.1 Å². The van der Waals surface area contributed by atoms with Gasteiger partial charge in [-0.05, 0) is 30.7 Å². The maximum atomic E-state index is 11.4. The molecule has 0 aromatic heterocycles. The molecule has 0 spiro atoms. The Kier molecular flexibility index (Phi) is 9.13. The second kappa shape index (κ2) is 11.2. The summed E-state index contributed by atoms with van der Waals surface area (Å²) in [5.41, 5.74) is 3.30. The van der Waals surface area contributed by atoms with E-state index in [-0.39, 0.29) is 5.91 Å². The van der Waals surface area contributed by atoms with E-state index in [4.69, 9.17) is 0 Å². The predicted octanol–water partition coefficient (Wildman–Crippen LogP) is 4.05. The zero-order chi connectivity index (χ0) is 16.9. The van der Waals surface area contributed by atoms with Crippen molar-refractivity contribution < 1.29 is 14.4 Å². The highest BCUT2D eigenvalue weighted by Crippen LogP contribution is 2.11. The van der Waals surface area contributed by atoms with Crippen molar-refractivity contribution in [2.75, 3.05) is 0 Å². The van der Waals surface area contributed by atoms with E-state index in [0.29, 0.717) is 18.8 Å². The standard InChI is InChI=1S/C19H25NO3/c1-3-9-18(21)20-23-19(22)13-8-7-10-16(2)14-15-17-11-5-4-6-12-17/h4-6,8,11-16H,3,7,9-10H2,1-2H3,(H,20,21)/b13-8+,15-14+/t16-/m0/s1. The van der Waals surface area contributed by atoms with Crippen molar-refractivity contribution in [2.45, 2.75) is 39.5 Å². The highest BCUT2D eigenvalue weighted by atomic mass is 16.7. The molecule has 0 bridgehead atoms. The summed E-state index contributed by atoms with van der Waals surface area (Å²) in [5, 5.41) is 0. The molecule has 0 unspecified atom stereocenters. The molecule has 0 heterocycles. The molecule has 23 heavy (non-hydrogen) atoms. The highest BCUT2D eigenvalue weighted by Gasteiger charge is 2.02. The molecule has 0 aliphatic carbocycles. The van der Waals surface area contributed by atoms with Crippen molar-refractivity contribution in [3.63, 3.8) is 0 Å². The third-order valence-corrected chi connectivity index (χ3v) is 3.20. The van der Waals surface area contributed by atoms with E-state index in [0.717, 1.165) is 12.8 Å². The second-order valence-corrected chi connectivity index (χ2v) is 5.42. The Bertz CT molecular complexity index is 535. The molecule has 0 aliphatic rings. The monoisotopic (exact) mass is 315 g/mol. The van der Waals surface area contributed by atoms with E-state index in [1.165, 1.54) is 11.6 Å². The molecule has 0 fully saturated rings. The van der Waals surface area contributed by atoms with Gasteiger partial charge in [0.1, 0.15) is 0 Å². The van der Waals surface area contributed by atoms with Crippen LogP contribution in [-0.4, -0.2) is 11.9 Å². The summed E-state index contributed by atoms with van der Waals surface area (Å²) in [5.74, 6) is -0.420. The van der Waals surface area contributed by atoms with Gasteiger partial charge in [-0.1, -0.05) is 62.4 Å². The zero-order valence-corrected chi connectivity index (χ0v) is 13.8. The second-order valence-electron chi connectivity index (χ2n) is 5.42. The Balaban J connectivity index is 2.21. The third kappa shape index (κ3) is 9.30. The number of hydrogen-bond acceptors (Lipinski definition) is 3. The molecule has 1 aromatic carbocycles. The molecule has 0 aliphatic heterocycles. The van der Waals surface area contributed by atoms with E-state index in [2.05, 4.69) is 41.5 Å². The van der Waals surface area contributed by atoms with Gasteiger partial charge in [-0.15, -0.1) is 0 Å². The molecular formula is C19H25NO3. The van der Waals surface area contributed by atoms with Gasteiger partial charge in [0.05, 0.1) is 0 Å². The fourth-order valence-electron chi connectivity index (χ4n) is 1.89. The number of benzene rings is 1. The Hall–Kier alpha value is -2.36. The smallest absolute Gasteiger partial charge is 0.336 e. The first kappa shape index (κ1) is 18.7. The summed E-state index contributed by atoms with van der Waals surface area (Å²) >= 11 is 0.